The zero-order valence-corrected chi connectivity index (χ0v) is 10.1. The highest BCUT2D eigenvalue weighted by molar-refractivity contribution is 7.99. The average molecular weight is 262 g/mol. The van der Waals surface area contributed by atoms with Gasteiger partial charge in [-0.05, 0) is 23.9 Å². The van der Waals surface area contributed by atoms with E-state index >= 15 is 0 Å². The molecule has 0 aliphatic rings. The lowest BCUT2D eigenvalue weighted by Crippen LogP contribution is -1.98. The number of nitrogens with two attached hydrogens (primary N) is 1. The lowest BCUT2D eigenvalue weighted by atomic mass is 10.3. The quantitative estimate of drug-likeness (QED) is 0.514. The monoisotopic (exact) mass is 262 g/mol. The summed E-state index contributed by atoms with van der Waals surface area (Å²) < 4.78 is 0. The molecule has 7 heteroatoms. The van der Waals surface area contributed by atoms with Crippen LogP contribution in [0.1, 0.15) is 5.56 Å². The fourth-order valence-corrected chi connectivity index (χ4v) is 1.94. The van der Waals surface area contributed by atoms with E-state index in [1.54, 1.807) is 24.5 Å². The lowest BCUT2D eigenvalue weighted by Gasteiger charge is -2.00. The maximum Gasteiger partial charge on any atom is 0.269 e. The van der Waals surface area contributed by atoms with Crippen LogP contribution in [0.5, 0.6) is 0 Å². The van der Waals surface area contributed by atoms with E-state index in [2.05, 4.69) is 9.97 Å². The van der Waals surface area contributed by atoms with Crippen molar-refractivity contribution in [2.45, 2.75) is 16.6 Å². The molecule has 92 valence electrons. The number of nitrogens with zero attached hydrogens (tertiary/aromatic N) is 3. The second kappa shape index (κ2) is 5.56. The Bertz CT molecular complexity index is 542. The third-order valence-electron chi connectivity index (χ3n) is 2.17. The Morgan fingerprint density at radius 3 is 2.33 bits per heavy atom. The molecule has 0 saturated heterocycles. The molecule has 6 nitrogen and oxygen atoms in total. The number of nitro benzene ring substituents is 1. The number of hydrogen-bond donors (Lipinski definition) is 1. The van der Waals surface area contributed by atoms with Crippen LogP contribution in [0.25, 0.3) is 0 Å². The molecule has 0 bridgehead atoms. The topological polar surface area (TPSA) is 94.9 Å². The SMILES string of the molecule is NCc1cnc(Sc2ccc([N+](=O)[O-])cc2)nc1. The molecule has 0 atom stereocenters. The van der Waals surface area contributed by atoms with Gasteiger partial charge >= 0.3 is 0 Å². The Kier molecular flexibility index (Phi) is 3.85. The van der Waals surface area contributed by atoms with Gasteiger partial charge in [-0.3, -0.25) is 10.1 Å². The van der Waals surface area contributed by atoms with Crippen molar-refractivity contribution in [2.24, 2.45) is 5.73 Å². The highest BCUT2D eigenvalue weighted by Crippen LogP contribution is 2.25. The van der Waals surface area contributed by atoms with E-state index in [0.29, 0.717) is 11.7 Å². The van der Waals surface area contributed by atoms with Gasteiger partial charge in [-0.15, -0.1) is 0 Å². The summed E-state index contributed by atoms with van der Waals surface area (Å²) in [6, 6.07) is 6.25. The highest BCUT2D eigenvalue weighted by atomic mass is 32.2. The first-order valence-corrected chi connectivity index (χ1v) is 5.94. The minimum atomic E-state index is -0.430. The standard InChI is InChI=1S/C11H10N4O2S/c12-5-8-6-13-11(14-7-8)18-10-3-1-9(2-4-10)15(16)17/h1-4,6-7H,5,12H2. The van der Waals surface area contributed by atoms with Crippen LogP contribution >= 0.6 is 11.8 Å². The van der Waals surface area contributed by atoms with Crippen LogP contribution < -0.4 is 5.73 Å². The lowest BCUT2D eigenvalue weighted by molar-refractivity contribution is -0.384. The van der Waals surface area contributed by atoms with Gasteiger partial charge in [0.2, 0.25) is 0 Å². The largest absolute Gasteiger partial charge is 0.326 e. The minimum Gasteiger partial charge on any atom is -0.326 e. The van der Waals surface area contributed by atoms with E-state index in [1.165, 1.54) is 23.9 Å². The number of non-ortho nitro benzene ring substituents is 1. The van der Waals surface area contributed by atoms with E-state index in [1.807, 2.05) is 0 Å². The van der Waals surface area contributed by atoms with Gasteiger partial charge in [-0.1, -0.05) is 0 Å². The maximum absolute atomic E-state index is 10.5. The van der Waals surface area contributed by atoms with E-state index in [0.717, 1.165) is 10.5 Å². The van der Waals surface area contributed by atoms with Crippen molar-refractivity contribution in [1.29, 1.82) is 0 Å². The molecule has 2 rings (SSSR count). The van der Waals surface area contributed by atoms with Crippen molar-refractivity contribution < 1.29 is 4.92 Å². The summed E-state index contributed by atoms with van der Waals surface area (Å²) in [5, 5.41) is 11.1. The number of benzene rings is 1. The predicted molar refractivity (Wildman–Crippen MR) is 67.1 cm³/mol. The summed E-state index contributed by atoms with van der Waals surface area (Å²) in [5.41, 5.74) is 6.38. The fraction of sp³-hybridized carbons (Fsp3) is 0.0909. The van der Waals surface area contributed by atoms with E-state index in [-0.39, 0.29) is 5.69 Å². The summed E-state index contributed by atoms with van der Waals surface area (Å²) >= 11 is 1.34. The molecule has 1 aromatic carbocycles. The van der Waals surface area contributed by atoms with Gasteiger partial charge in [0.15, 0.2) is 5.16 Å². The molecule has 1 aromatic heterocycles. The van der Waals surface area contributed by atoms with Gasteiger partial charge < -0.3 is 5.73 Å². The first-order chi connectivity index (χ1) is 8.69. The molecule has 0 aliphatic carbocycles. The molecular weight excluding hydrogens is 252 g/mol. The Morgan fingerprint density at radius 1 is 1.22 bits per heavy atom. The second-order valence-corrected chi connectivity index (χ2v) is 4.47. The summed E-state index contributed by atoms with van der Waals surface area (Å²) in [7, 11) is 0. The molecule has 0 radical (unpaired) electrons. The van der Waals surface area contributed by atoms with Crippen molar-refractivity contribution in [3.8, 4) is 0 Å². The van der Waals surface area contributed by atoms with Crippen molar-refractivity contribution in [3.05, 3.63) is 52.3 Å². The molecule has 2 aromatic rings. The van der Waals surface area contributed by atoms with Crippen LogP contribution in [-0.4, -0.2) is 14.9 Å². The van der Waals surface area contributed by atoms with Crippen LogP contribution in [0.15, 0.2) is 46.7 Å². The Balaban J connectivity index is 2.10. The van der Waals surface area contributed by atoms with Gasteiger partial charge in [0.1, 0.15) is 0 Å². The van der Waals surface area contributed by atoms with Gasteiger partial charge in [0.25, 0.3) is 5.69 Å². The summed E-state index contributed by atoms with van der Waals surface area (Å²) in [4.78, 5) is 19.2. The molecule has 0 amide bonds. The second-order valence-electron chi connectivity index (χ2n) is 3.43. The Morgan fingerprint density at radius 2 is 1.83 bits per heavy atom. The highest BCUT2D eigenvalue weighted by Gasteiger charge is 2.05. The first-order valence-electron chi connectivity index (χ1n) is 5.12. The van der Waals surface area contributed by atoms with E-state index in [4.69, 9.17) is 5.73 Å². The Hall–Kier alpha value is -1.99. The predicted octanol–water partition coefficient (Wildman–Crippen LogP) is 1.99. The number of hydrogen-bond acceptors (Lipinski definition) is 6. The molecule has 0 saturated carbocycles. The van der Waals surface area contributed by atoms with Crippen molar-refractivity contribution >= 4 is 17.4 Å². The molecule has 2 N–H and O–H groups in total. The van der Waals surface area contributed by atoms with Crippen LogP contribution in [0, 0.1) is 10.1 Å². The average Bonchev–Trinajstić information content (AvgIpc) is 2.40. The summed E-state index contributed by atoms with van der Waals surface area (Å²) in [5.74, 6) is 0. The number of rotatable bonds is 4. The number of aromatic nitrogens is 2. The normalized spacial score (nSPS) is 10.3. The van der Waals surface area contributed by atoms with Crippen LogP contribution in [0.4, 0.5) is 5.69 Å². The van der Waals surface area contributed by atoms with Crippen molar-refractivity contribution in [2.75, 3.05) is 0 Å². The maximum atomic E-state index is 10.5. The molecule has 0 unspecified atom stereocenters. The van der Waals surface area contributed by atoms with E-state index < -0.39 is 4.92 Å². The smallest absolute Gasteiger partial charge is 0.269 e. The third kappa shape index (κ3) is 3.02. The molecule has 18 heavy (non-hydrogen) atoms. The number of nitro groups is 1. The Labute approximate surface area is 107 Å². The van der Waals surface area contributed by atoms with Crippen molar-refractivity contribution in [3.63, 3.8) is 0 Å². The van der Waals surface area contributed by atoms with Gasteiger partial charge in [-0.25, -0.2) is 9.97 Å². The van der Waals surface area contributed by atoms with Gasteiger partial charge in [0.05, 0.1) is 4.92 Å². The summed E-state index contributed by atoms with van der Waals surface area (Å²) in [6.07, 6.45) is 3.33. The van der Waals surface area contributed by atoms with Crippen LogP contribution in [0.3, 0.4) is 0 Å². The van der Waals surface area contributed by atoms with Crippen LogP contribution in [-0.2, 0) is 6.54 Å². The van der Waals surface area contributed by atoms with E-state index in [9.17, 15) is 10.1 Å². The molecular formula is C11H10N4O2S. The van der Waals surface area contributed by atoms with Gasteiger partial charge in [-0.2, -0.15) is 0 Å². The van der Waals surface area contributed by atoms with Crippen molar-refractivity contribution in [1.82, 2.24) is 9.97 Å². The zero-order chi connectivity index (χ0) is 13.0. The molecule has 0 fully saturated rings. The zero-order valence-electron chi connectivity index (χ0n) is 9.31. The minimum absolute atomic E-state index is 0.0683. The summed E-state index contributed by atoms with van der Waals surface area (Å²) in [6.45, 7) is 0.405. The molecule has 0 aliphatic heterocycles. The van der Waals surface area contributed by atoms with Crippen LogP contribution in [0.2, 0.25) is 0 Å². The fourth-order valence-electron chi connectivity index (χ4n) is 1.24. The first kappa shape index (κ1) is 12.5. The van der Waals surface area contributed by atoms with Gasteiger partial charge in [0, 0.05) is 41.5 Å². The molecule has 1 heterocycles. The third-order valence-corrected chi connectivity index (χ3v) is 3.08. The molecule has 0 spiro atoms.